The first kappa shape index (κ1) is 22.5. The molecule has 2 aliphatic heterocycles. The number of carbonyl (C=O) groups is 1. The Hall–Kier alpha value is -3.98. The maximum Gasteiger partial charge on any atom is 0.326 e. The van der Waals surface area contributed by atoms with Crippen molar-refractivity contribution in [2.45, 2.75) is 32.4 Å². The minimum Gasteiger partial charge on any atom is -0.484 e. The van der Waals surface area contributed by atoms with Gasteiger partial charge in [-0.3, -0.25) is 19.5 Å². The smallest absolute Gasteiger partial charge is 0.326 e. The largest absolute Gasteiger partial charge is 0.484 e. The maximum absolute atomic E-state index is 14.3. The van der Waals surface area contributed by atoms with E-state index in [0.717, 1.165) is 28.8 Å². The van der Waals surface area contributed by atoms with E-state index in [-0.39, 0.29) is 18.3 Å². The monoisotopic (exact) mass is 504 g/mol. The molecule has 1 unspecified atom stereocenters. The molecule has 1 atom stereocenters. The molecule has 0 saturated heterocycles. The van der Waals surface area contributed by atoms with E-state index in [1.807, 2.05) is 32.2 Å². The van der Waals surface area contributed by atoms with Gasteiger partial charge in [-0.05, 0) is 49.1 Å². The number of pyridine rings is 2. The summed E-state index contributed by atoms with van der Waals surface area (Å²) in [5.74, 6) is 0.227. The lowest BCUT2D eigenvalue weighted by atomic mass is 9.97. The van der Waals surface area contributed by atoms with Gasteiger partial charge in [0.2, 0.25) is 0 Å². The number of benzene rings is 1. The Morgan fingerprint density at radius 3 is 2.86 bits per heavy atom. The maximum atomic E-state index is 14.3. The molecule has 8 nitrogen and oxygen atoms in total. The third-order valence-electron chi connectivity index (χ3n) is 6.70. The van der Waals surface area contributed by atoms with Crippen molar-refractivity contribution in [3.05, 3.63) is 82.1 Å². The Morgan fingerprint density at radius 1 is 1.22 bits per heavy atom. The summed E-state index contributed by atoms with van der Waals surface area (Å²) in [6, 6.07) is 8.34. The molecule has 0 aliphatic carbocycles. The lowest BCUT2D eigenvalue weighted by molar-refractivity contribution is 0.167. The first-order valence-electron chi connectivity index (χ1n) is 11.6. The number of ether oxygens (including phenoxy) is 1. The number of aryl methyl sites for hydroxylation is 3. The number of amides is 2. The molecule has 6 rings (SSSR count). The highest BCUT2D eigenvalue weighted by Gasteiger charge is 2.32. The van der Waals surface area contributed by atoms with E-state index in [1.165, 1.54) is 6.07 Å². The molecule has 10 heteroatoms. The van der Waals surface area contributed by atoms with Crippen LogP contribution in [0.15, 0.2) is 48.9 Å². The van der Waals surface area contributed by atoms with Crippen molar-refractivity contribution in [3.63, 3.8) is 0 Å². The second-order valence-electron chi connectivity index (χ2n) is 8.93. The van der Waals surface area contributed by atoms with Gasteiger partial charge < -0.3 is 10.1 Å². The highest BCUT2D eigenvalue weighted by Crippen LogP contribution is 2.42. The predicted octanol–water partition coefficient (Wildman–Crippen LogP) is 5.60. The van der Waals surface area contributed by atoms with Crippen LogP contribution >= 0.6 is 11.6 Å². The molecule has 1 aromatic carbocycles. The number of carbonyl (C=O) groups excluding carboxylic acids is 1. The standard InChI is InChI=1S/C26H22ClFN6O2/c1-14-10-15-5-6-21(24-18(28)4-3-8-29-24)36-22(15)11-20(14)34-13-16-17(27)12-30-25(23(16)32-26(34)35)19-7-9-31-33(19)2/h3-4,7-12,21H,5-6,13H2,1-2H3,(H,32,35). The molecule has 1 N–H and O–H groups in total. The summed E-state index contributed by atoms with van der Waals surface area (Å²) in [6.45, 7) is 2.21. The third-order valence-corrected chi connectivity index (χ3v) is 7.02. The Balaban J connectivity index is 1.36. The number of halogens is 2. The lowest BCUT2D eigenvalue weighted by Gasteiger charge is -2.33. The Morgan fingerprint density at radius 2 is 2.08 bits per heavy atom. The number of anilines is 2. The van der Waals surface area contributed by atoms with E-state index in [4.69, 9.17) is 16.3 Å². The fourth-order valence-electron chi connectivity index (χ4n) is 4.87. The zero-order chi connectivity index (χ0) is 25.0. The molecule has 2 aliphatic rings. The summed E-state index contributed by atoms with van der Waals surface area (Å²) in [5, 5.41) is 7.65. The van der Waals surface area contributed by atoms with Crippen LogP contribution in [0.4, 0.5) is 20.6 Å². The normalized spacial score (nSPS) is 16.7. The van der Waals surface area contributed by atoms with E-state index in [0.29, 0.717) is 34.3 Å². The highest BCUT2D eigenvalue weighted by atomic mass is 35.5. The summed E-state index contributed by atoms with van der Waals surface area (Å²) in [4.78, 5) is 23.6. The lowest BCUT2D eigenvalue weighted by Crippen LogP contribution is -2.39. The number of rotatable bonds is 3. The van der Waals surface area contributed by atoms with Gasteiger partial charge in [0.1, 0.15) is 29.1 Å². The van der Waals surface area contributed by atoms with Crippen LogP contribution in [0.1, 0.15) is 34.9 Å². The van der Waals surface area contributed by atoms with Gasteiger partial charge in [-0.1, -0.05) is 17.7 Å². The molecular formula is C26H22ClFN6O2. The molecule has 0 bridgehead atoms. The van der Waals surface area contributed by atoms with Crippen LogP contribution < -0.4 is 15.0 Å². The third kappa shape index (κ3) is 3.67. The number of hydrogen-bond donors (Lipinski definition) is 1. The SMILES string of the molecule is Cc1cc2c(cc1N1Cc3c(Cl)cnc(-c4ccnn4C)c3NC1=O)OC(c1ncccc1F)CC2. The molecule has 2 amide bonds. The minimum absolute atomic E-state index is 0.255. The topological polar surface area (TPSA) is 85.2 Å². The molecule has 3 aromatic heterocycles. The first-order valence-corrected chi connectivity index (χ1v) is 11.9. The molecule has 0 spiro atoms. The molecule has 0 fully saturated rings. The predicted molar refractivity (Wildman–Crippen MR) is 134 cm³/mol. The highest BCUT2D eigenvalue weighted by molar-refractivity contribution is 6.32. The zero-order valence-corrected chi connectivity index (χ0v) is 20.4. The Kier molecular flexibility index (Phi) is 5.37. The van der Waals surface area contributed by atoms with Crippen molar-refractivity contribution in [1.82, 2.24) is 19.7 Å². The number of urea groups is 1. The van der Waals surface area contributed by atoms with Gasteiger partial charge in [-0.15, -0.1) is 0 Å². The van der Waals surface area contributed by atoms with E-state index < -0.39 is 11.9 Å². The number of hydrogen-bond acceptors (Lipinski definition) is 5. The minimum atomic E-state index is -0.493. The average molecular weight is 505 g/mol. The second kappa shape index (κ2) is 8.60. The number of aromatic nitrogens is 4. The summed E-state index contributed by atoms with van der Waals surface area (Å²) in [7, 11) is 1.82. The summed E-state index contributed by atoms with van der Waals surface area (Å²) in [6.07, 6.45) is 5.68. The van der Waals surface area contributed by atoms with Crippen LogP contribution in [0.2, 0.25) is 5.02 Å². The summed E-state index contributed by atoms with van der Waals surface area (Å²) >= 11 is 6.54. The van der Waals surface area contributed by atoms with Gasteiger partial charge in [-0.2, -0.15) is 5.10 Å². The van der Waals surface area contributed by atoms with Crippen LogP contribution in [-0.2, 0) is 20.0 Å². The van der Waals surface area contributed by atoms with E-state index in [9.17, 15) is 9.18 Å². The first-order chi connectivity index (χ1) is 17.4. The average Bonchev–Trinajstić information content (AvgIpc) is 3.29. The summed E-state index contributed by atoms with van der Waals surface area (Å²) in [5.41, 5.74) is 5.62. The van der Waals surface area contributed by atoms with Gasteiger partial charge in [-0.25, -0.2) is 9.18 Å². The van der Waals surface area contributed by atoms with Crippen LogP contribution in [-0.4, -0.2) is 25.8 Å². The van der Waals surface area contributed by atoms with E-state index in [2.05, 4.69) is 20.4 Å². The van der Waals surface area contributed by atoms with E-state index in [1.54, 1.807) is 34.2 Å². The summed E-state index contributed by atoms with van der Waals surface area (Å²) < 4.78 is 22.2. The van der Waals surface area contributed by atoms with Crippen LogP contribution in [0.25, 0.3) is 11.4 Å². The van der Waals surface area contributed by atoms with Crippen molar-refractivity contribution in [2.75, 3.05) is 10.2 Å². The van der Waals surface area contributed by atoms with Crippen molar-refractivity contribution < 1.29 is 13.9 Å². The van der Waals surface area contributed by atoms with Crippen molar-refractivity contribution in [2.24, 2.45) is 7.05 Å². The van der Waals surface area contributed by atoms with Crippen LogP contribution in [0.5, 0.6) is 5.75 Å². The molecular weight excluding hydrogens is 483 g/mol. The number of nitrogens with one attached hydrogen (secondary N) is 1. The fraction of sp³-hybridized carbons (Fsp3) is 0.231. The van der Waals surface area contributed by atoms with Gasteiger partial charge in [0, 0.05) is 37.3 Å². The Labute approximate surface area is 211 Å². The quantitative estimate of drug-likeness (QED) is 0.393. The fourth-order valence-corrected chi connectivity index (χ4v) is 5.08. The van der Waals surface area contributed by atoms with Crippen LogP contribution in [0, 0.1) is 12.7 Å². The van der Waals surface area contributed by atoms with Gasteiger partial charge in [0.05, 0.1) is 28.6 Å². The zero-order valence-electron chi connectivity index (χ0n) is 19.6. The molecule has 0 saturated carbocycles. The number of nitrogens with zero attached hydrogens (tertiary/aromatic N) is 5. The van der Waals surface area contributed by atoms with Crippen molar-refractivity contribution in [1.29, 1.82) is 0 Å². The molecule has 0 radical (unpaired) electrons. The molecule has 4 aromatic rings. The second-order valence-corrected chi connectivity index (χ2v) is 9.33. The van der Waals surface area contributed by atoms with Crippen molar-refractivity contribution >= 4 is 29.0 Å². The van der Waals surface area contributed by atoms with Crippen LogP contribution in [0.3, 0.4) is 0 Å². The van der Waals surface area contributed by atoms with Crippen molar-refractivity contribution in [3.8, 4) is 17.1 Å². The number of fused-ring (bicyclic) bond motifs is 2. The Bertz CT molecular complexity index is 1520. The van der Waals surface area contributed by atoms with Gasteiger partial charge in [0.25, 0.3) is 0 Å². The molecule has 5 heterocycles. The molecule has 182 valence electrons. The van der Waals surface area contributed by atoms with Gasteiger partial charge >= 0.3 is 6.03 Å². The van der Waals surface area contributed by atoms with E-state index >= 15 is 0 Å². The molecule has 36 heavy (non-hydrogen) atoms. The van der Waals surface area contributed by atoms with Gasteiger partial charge in [0.15, 0.2) is 0 Å².